The number of hydrogen-bond acceptors (Lipinski definition) is 3. The first-order chi connectivity index (χ1) is 20.3. The number of rotatable bonds is 7. The van der Waals surface area contributed by atoms with Crippen molar-refractivity contribution in [2.75, 3.05) is 0 Å². The molecule has 0 aliphatic heterocycles. The second-order valence-corrected chi connectivity index (χ2v) is 17.8. The van der Waals surface area contributed by atoms with Crippen molar-refractivity contribution in [3.8, 4) is 17.2 Å². The lowest BCUT2D eigenvalue weighted by Gasteiger charge is -2.30. The van der Waals surface area contributed by atoms with Gasteiger partial charge in [0, 0.05) is 11.1 Å². The quantitative estimate of drug-likeness (QED) is 0.247. The Morgan fingerprint density at radius 1 is 0.500 bits per heavy atom. The van der Waals surface area contributed by atoms with E-state index in [0.717, 1.165) is 28.4 Å². The molecule has 0 N–H and O–H groups in total. The zero-order valence-electron chi connectivity index (χ0n) is 29.6. The third kappa shape index (κ3) is 8.60. The second-order valence-electron chi connectivity index (χ2n) is 16.8. The highest BCUT2D eigenvalue weighted by Gasteiger charge is 2.31. The smallest absolute Gasteiger partial charge is 0.408 e. The van der Waals surface area contributed by atoms with Crippen LogP contribution in [0.15, 0.2) is 60.7 Å². The Kier molecular flexibility index (Phi) is 10.2. The highest BCUT2D eigenvalue weighted by molar-refractivity contribution is 7.43. The van der Waals surface area contributed by atoms with Crippen molar-refractivity contribution in [1.82, 2.24) is 0 Å². The lowest BCUT2D eigenvalue weighted by molar-refractivity contribution is 0.369. The molecule has 3 aromatic rings. The lowest BCUT2D eigenvalue weighted by Crippen LogP contribution is -2.19. The maximum atomic E-state index is 6.88. The molecule has 3 aromatic carbocycles. The Bertz CT molecular complexity index is 1330. The van der Waals surface area contributed by atoms with E-state index in [4.69, 9.17) is 13.6 Å². The van der Waals surface area contributed by atoms with Gasteiger partial charge in [-0.25, -0.2) is 0 Å². The van der Waals surface area contributed by atoms with Gasteiger partial charge >= 0.3 is 8.60 Å². The minimum Gasteiger partial charge on any atom is -0.408 e. The molecule has 0 unspecified atom stereocenters. The topological polar surface area (TPSA) is 27.7 Å². The minimum atomic E-state index is -1.83. The third-order valence-corrected chi connectivity index (χ3v) is 9.83. The Morgan fingerprint density at radius 3 is 1.36 bits per heavy atom. The van der Waals surface area contributed by atoms with Gasteiger partial charge in [-0.1, -0.05) is 145 Å². The van der Waals surface area contributed by atoms with E-state index in [0.29, 0.717) is 5.92 Å². The van der Waals surface area contributed by atoms with Crippen molar-refractivity contribution in [3.05, 3.63) is 88.5 Å². The first kappa shape index (κ1) is 34.4. The van der Waals surface area contributed by atoms with Crippen LogP contribution in [-0.2, 0) is 21.7 Å². The summed E-state index contributed by atoms with van der Waals surface area (Å²) in [7, 11) is -1.83. The lowest BCUT2D eigenvalue weighted by atomic mass is 9.80. The van der Waals surface area contributed by atoms with Crippen molar-refractivity contribution in [3.63, 3.8) is 0 Å². The third-order valence-electron chi connectivity index (χ3n) is 8.79. The fourth-order valence-electron chi connectivity index (χ4n) is 5.94. The Balaban J connectivity index is 1.80. The van der Waals surface area contributed by atoms with Crippen LogP contribution in [0, 0.1) is 0 Å². The van der Waals surface area contributed by atoms with E-state index < -0.39 is 8.60 Å². The largest absolute Gasteiger partial charge is 0.530 e. The number of hydrogen-bond donors (Lipinski definition) is 0. The van der Waals surface area contributed by atoms with Crippen molar-refractivity contribution in [1.29, 1.82) is 0 Å². The van der Waals surface area contributed by atoms with Gasteiger partial charge in [0.05, 0.1) is 0 Å². The van der Waals surface area contributed by atoms with Crippen LogP contribution in [0.3, 0.4) is 0 Å². The normalized spacial score (nSPS) is 15.4. The van der Waals surface area contributed by atoms with E-state index in [1.54, 1.807) is 0 Å². The van der Waals surface area contributed by atoms with E-state index in [1.807, 2.05) is 0 Å². The standard InChI is InChI=1S/C40H57O3P/c1-37(2,3)29-22-24-35(32(26-29)39(7,8)9)42-44(41-34-21-17-16-20-31(34)28-18-14-13-15-19-28)43-36-25-23-30(38(4,5)6)27-33(36)40(10,11)12/h16-17,20-28H,13-15,18-19H2,1-12H3. The fraction of sp³-hybridized carbons (Fsp3) is 0.550. The molecular formula is C40H57O3P. The van der Waals surface area contributed by atoms with Gasteiger partial charge in [-0.05, 0) is 75.3 Å². The molecule has 44 heavy (non-hydrogen) atoms. The van der Waals surface area contributed by atoms with Gasteiger partial charge in [0.15, 0.2) is 0 Å². The van der Waals surface area contributed by atoms with Gasteiger partial charge in [-0.15, -0.1) is 0 Å². The highest BCUT2D eigenvalue weighted by Crippen LogP contribution is 2.50. The molecule has 4 heteroatoms. The van der Waals surface area contributed by atoms with E-state index in [2.05, 4.69) is 144 Å². The molecule has 0 heterocycles. The Hall–Kier alpha value is -2.51. The second kappa shape index (κ2) is 13.1. The monoisotopic (exact) mass is 616 g/mol. The summed E-state index contributed by atoms with van der Waals surface area (Å²) < 4.78 is 20.6. The maximum absolute atomic E-state index is 6.88. The molecule has 1 fully saturated rings. The molecule has 240 valence electrons. The molecule has 0 spiro atoms. The van der Waals surface area contributed by atoms with Gasteiger partial charge < -0.3 is 13.6 Å². The maximum Gasteiger partial charge on any atom is 0.530 e. The molecule has 0 atom stereocenters. The first-order valence-electron chi connectivity index (χ1n) is 16.6. The molecule has 0 bridgehead atoms. The van der Waals surface area contributed by atoms with Gasteiger partial charge in [-0.2, -0.15) is 0 Å². The van der Waals surface area contributed by atoms with Crippen LogP contribution in [-0.4, -0.2) is 0 Å². The van der Waals surface area contributed by atoms with Gasteiger partial charge in [-0.3, -0.25) is 0 Å². The summed E-state index contributed by atoms with van der Waals surface area (Å²) in [5.41, 5.74) is 5.98. The summed E-state index contributed by atoms with van der Waals surface area (Å²) >= 11 is 0. The van der Waals surface area contributed by atoms with Crippen molar-refractivity contribution >= 4 is 8.60 Å². The molecule has 4 rings (SSSR count). The molecule has 1 saturated carbocycles. The summed E-state index contributed by atoms with van der Waals surface area (Å²) in [4.78, 5) is 0. The average Bonchev–Trinajstić information content (AvgIpc) is 2.92. The molecule has 0 saturated heterocycles. The molecule has 0 radical (unpaired) electrons. The Morgan fingerprint density at radius 2 is 0.932 bits per heavy atom. The van der Waals surface area contributed by atoms with Crippen LogP contribution >= 0.6 is 8.60 Å². The number of benzene rings is 3. The molecule has 0 aromatic heterocycles. The number of para-hydroxylation sites is 1. The van der Waals surface area contributed by atoms with Crippen molar-refractivity contribution < 1.29 is 13.6 Å². The van der Waals surface area contributed by atoms with Crippen molar-refractivity contribution in [2.45, 2.75) is 143 Å². The van der Waals surface area contributed by atoms with E-state index in [1.165, 1.54) is 48.8 Å². The van der Waals surface area contributed by atoms with Crippen LogP contribution in [0.2, 0.25) is 0 Å². The van der Waals surface area contributed by atoms with Crippen molar-refractivity contribution in [2.24, 2.45) is 0 Å². The predicted molar refractivity (Wildman–Crippen MR) is 189 cm³/mol. The van der Waals surface area contributed by atoms with E-state index >= 15 is 0 Å². The van der Waals surface area contributed by atoms with Crippen LogP contribution in [0.1, 0.15) is 149 Å². The summed E-state index contributed by atoms with van der Waals surface area (Å²) in [6.07, 6.45) is 6.25. The van der Waals surface area contributed by atoms with Crippen LogP contribution < -0.4 is 13.6 Å². The SMILES string of the molecule is CC(C)(C)c1ccc(OP(Oc2ccccc2C2CCCCC2)Oc2ccc(C(C)(C)C)cc2C(C)(C)C)c(C(C)(C)C)c1. The summed E-state index contributed by atoms with van der Waals surface area (Å²) in [6.45, 7) is 27.0. The van der Waals surface area contributed by atoms with Crippen LogP contribution in [0.25, 0.3) is 0 Å². The highest BCUT2D eigenvalue weighted by atomic mass is 31.2. The van der Waals surface area contributed by atoms with Gasteiger partial charge in [0.2, 0.25) is 0 Å². The fourth-order valence-corrected chi connectivity index (χ4v) is 7.01. The zero-order chi connectivity index (χ0) is 32.5. The average molecular weight is 617 g/mol. The van der Waals surface area contributed by atoms with E-state index in [9.17, 15) is 0 Å². The summed E-state index contributed by atoms with van der Waals surface area (Å²) in [6, 6.07) is 21.7. The first-order valence-corrected chi connectivity index (χ1v) is 17.7. The molecule has 1 aliphatic carbocycles. The summed E-state index contributed by atoms with van der Waals surface area (Å²) in [5, 5.41) is 0. The molecule has 1 aliphatic rings. The van der Waals surface area contributed by atoms with Gasteiger partial charge in [0.25, 0.3) is 0 Å². The minimum absolute atomic E-state index is 0.0333. The van der Waals surface area contributed by atoms with Gasteiger partial charge in [0.1, 0.15) is 17.2 Å². The zero-order valence-corrected chi connectivity index (χ0v) is 30.5. The molecule has 0 amide bonds. The molecule has 3 nitrogen and oxygen atoms in total. The summed E-state index contributed by atoms with van der Waals surface area (Å²) in [5.74, 6) is 3.01. The Labute approximate surface area is 270 Å². The predicted octanol–water partition coefficient (Wildman–Crippen LogP) is 12.7. The molecular weight excluding hydrogens is 559 g/mol. The van der Waals surface area contributed by atoms with Crippen LogP contribution in [0.4, 0.5) is 0 Å². The van der Waals surface area contributed by atoms with E-state index in [-0.39, 0.29) is 21.7 Å². The van der Waals surface area contributed by atoms with Crippen LogP contribution in [0.5, 0.6) is 17.2 Å².